The second-order valence-electron chi connectivity index (χ2n) is 8.36. The molecule has 1 aliphatic heterocycles. The Hall–Kier alpha value is -3.49. The number of halogens is 1. The molecule has 8 heteroatoms. The molecule has 4 aromatic rings. The number of anilines is 1. The van der Waals surface area contributed by atoms with Crippen LogP contribution in [0.4, 0.5) is 5.69 Å². The van der Waals surface area contributed by atoms with Gasteiger partial charge in [-0.25, -0.2) is 0 Å². The maximum absolute atomic E-state index is 13.1. The second-order valence-corrected chi connectivity index (χ2v) is 9.22. The fourth-order valence-corrected chi connectivity index (χ4v) is 4.65. The molecule has 0 radical (unpaired) electrons. The molecule has 1 saturated heterocycles. The fraction of sp³-hybridized carbons (Fsp3) is 0.222. The predicted octanol–water partition coefficient (Wildman–Crippen LogP) is 5.38. The Morgan fingerprint density at radius 2 is 1.71 bits per heavy atom. The van der Waals surface area contributed by atoms with Gasteiger partial charge in [0.25, 0.3) is 0 Å². The Balaban J connectivity index is 1.34. The maximum atomic E-state index is 13.1. The van der Waals surface area contributed by atoms with Crippen molar-refractivity contribution in [1.29, 1.82) is 0 Å². The molecule has 1 aliphatic rings. The van der Waals surface area contributed by atoms with Gasteiger partial charge in [-0.15, -0.1) is 0 Å². The number of benzene rings is 3. The van der Waals surface area contributed by atoms with E-state index in [9.17, 15) is 9.90 Å². The van der Waals surface area contributed by atoms with Gasteiger partial charge in [0.2, 0.25) is 11.2 Å². The number of phenolic OH excluding ortho intramolecular Hbond substituents is 1. The highest BCUT2D eigenvalue weighted by atomic mass is 79.9. The maximum Gasteiger partial charge on any atom is 0.235 e. The molecule has 180 valence electrons. The van der Waals surface area contributed by atoms with Crippen LogP contribution in [0.3, 0.4) is 0 Å². The van der Waals surface area contributed by atoms with Crippen LogP contribution in [0.2, 0.25) is 0 Å². The number of methoxy groups -OCH3 is 1. The smallest absolute Gasteiger partial charge is 0.235 e. The van der Waals surface area contributed by atoms with Gasteiger partial charge in [-0.2, -0.15) is 0 Å². The van der Waals surface area contributed by atoms with Gasteiger partial charge in [-0.1, -0.05) is 12.1 Å². The van der Waals surface area contributed by atoms with E-state index >= 15 is 0 Å². The van der Waals surface area contributed by atoms with Gasteiger partial charge >= 0.3 is 0 Å². The molecule has 1 N–H and O–H groups in total. The summed E-state index contributed by atoms with van der Waals surface area (Å²) in [5.41, 5.74) is 1.85. The first-order chi connectivity index (χ1) is 17.0. The lowest BCUT2D eigenvalue weighted by Gasteiger charge is -2.36. The summed E-state index contributed by atoms with van der Waals surface area (Å²) in [5, 5.41) is 11.0. The molecular weight excluding hydrogens is 512 g/mol. The molecule has 1 fully saturated rings. The topological polar surface area (TPSA) is 75.4 Å². The van der Waals surface area contributed by atoms with Crippen LogP contribution in [0.15, 0.2) is 80.6 Å². The number of para-hydroxylation sites is 1. The number of hydrogen-bond acceptors (Lipinski definition) is 7. The van der Waals surface area contributed by atoms with Crippen molar-refractivity contribution in [2.24, 2.45) is 0 Å². The Kier molecular flexibility index (Phi) is 6.66. The molecule has 0 saturated carbocycles. The number of nitrogens with zero attached hydrogens (tertiary/aromatic N) is 2. The van der Waals surface area contributed by atoms with Gasteiger partial charge in [-0.05, 0) is 64.5 Å². The summed E-state index contributed by atoms with van der Waals surface area (Å²) in [6.07, 6.45) is 1.31. The SMILES string of the molecule is COc1ccc(N2CCN(Cc3c(O)ccc4c(=O)c(Oc5ccccc5Br)coc34)CC2)cc1. The molecule has 0 aliphatic carbocycles. The third kappa shape index (κ3) is 4.85. The number of hydrogen-bond donors (Lipinski definition) is 1. The van der Waals surface area contributed by atoms with E-state index in [1.165, 1.54) is 6.26 Å². The second kappa shape index (κ2) is 10.0. The largest absolute Gasteiger partial charge is 0.507 e. The summed E-state index contributed by atoms with van der Waals surface area (Å²) in [7, 11) is 1.66. The summed E-state index contributed by atoms with van der Waals surface area (Å²) in [6, 6.07) is 18.5. The number of aromatic hydroxyl groups is 1. The van der Waals surface area contributed by atoms with Crippen LogP contribution < -0.4 is 19.8 Å². The van der Waals surface area contributed by atoms with Crippen molar-refractivity contribution in [3.05, 3.63) is 87.2 Å². The van der Waals surface area contributed by atoms with E-state index in [2.05, 4.69) is 37.9 Å². The zero-order valence-electron chi connectivity index (χ0n) is 19.2. The van der Waals surface area contributed by atoms with Gasteiger partial charge in [-0.3, -0.25) is 9.69 Å². The van der Waals surface area contributed by atoms with Crippen molar-refractivity contribution in [2.75, 3.05) is 38.2 Å². The van der Waals surface area contributed by atoms with Gasteiger partial charge in [0.1, 0.15) is 29.1 Å². The fourth-order valence-electron chi connectivity index (χ4n) is 4.28. The highest BCUT2D eigenvalue weighted by molar-refractivity contribution is 9.10. The molecule has 5 rings (SSSR count). The van der Waals surface area contributed by atoms with E-state index < -0.39 is 0 Å². The van der Waals surface area contributed by atoms with Crippen LogP contribution in [0.1, 0.15) is 5.56 Å². The highest BCUT2D eigenvalue weighted by Crippen LogP contribution is 2.32. The zero-order valence-corrected chi connectivity index (χ0v) is 20.8. The Morgan fingerprint density at radius 3 is 2.43 bits per heavy atom. The van der Waals surface area contributed by atoms with Gasteiger partial charge < -0.3 is 23.9 Å². The van der Waals surface area contributed by atoms with Crippen LogP contribution in [-0.4, -0.2) is 43.3 Å². The monoisotopic (exact) mass is 536 g/mol. The minimum atomic E-state index is -0.285. The first-order valence-corrected chi connectivity index (χ1v) is 12.1. The molecule has 3 aromatic carbocycles. The lowest BCUT2D eigenvalue weighted by molar-refractivity contribution is 0.246. The third-order valence-corrected chi connectivity index (χ3v) is 6.89. The molecule has 0 spiro atoms. The normalized spacial score (nSPS) is 14.3. The molecular formula is C27H25BrN2O5. The minimum Gasteiger partial charge on any atom is -0.507 e. The van der Waals surface area contributed by atoms with Crippen LogP contribution in [0.25, 0.3) is 11.0 Å². The molecule has 0 bridgehead atoms. The number of rotatable bonds is 6. The Morgan fingerprint density at radius 1 is 0.971 bits per heavy atom. The summed E-state index contributed by atoms with van der Waals surface area (Å²) in [4.78, 5) is 17.7. The summed E-state index contributed by atoms with van der Waals surface area (Å²) >= 11 is 3.42. The summed E-state index contributed by atoms with van der Waals surface area (Å²) < 4.78 is 17.6. The number of ether oxygens (including phenoxy) is 2. The van der Waals surface area contributed by atoms with Crippen LogP contribution in [0, 0.1) is 0 Å². The minimum absolute atomic E-state index is 0.0918. The molecule has 0 unspecified atom stereocenters. The average molecular weight is 537 g/mol. The number of piperazine rings is 1. The standard InChI is InChI=1S/C27H25BrN2O5/c1-33-19-8-6-18(7-9-19)30-14-12-29(13-15-30)16-21-23(31)11-10-20-26(32)25(17-34-27(20)21)35-24-5-3-2-4-22(24)28/h2-11,17,31H,12-16H2,1H3. The van der Waals surface area contributed by atoms with Crippen LogP contribution >= 0.6 is 15.9 Å². The van der Waals surface area contributed by atoms with Crippen LogP contribution in [0.5, 0.6) is 23.0 Å². The van der Waals surface area contributed by atoms with Crippen molar-refractivity contribution in [3.63, 3.8) is 0 Å². The van der Waals surface area contributed by atoms with Crippen molar-refractivity contribution >= 4 is 32.6 Å². The predicted molar refractivity (Wildman–Crippen MR) is 139 cm³/mol. The Bertz CT molecular complexity index is 1400. The molecule has 7 nitrogen and oxygen atoms in total. The first-order valence-electron chi connectivity index (χ1n) is 11.3. The van der Waals surface area contributed by atoms with E-state index in [0.717, 1.165) is 42.1 Å². The highest BCUT2D eigenvalue weighted by Gasteiger charge is 2.22. The van der Waals surface area contributed by atoms with Crippen molar-refractivity contribution in [2.45, 2.75) is 6.54 Å². The molecule has 0 atom stereocenters. The van der Waals surface area contributed by atoms with Gasteiger partial charge in [0.05, 0.1) is 22.5 Å². The lowest BCUT2D eigenvalue weighted by Crippen LogP contribution is -2.46. The Labute approximate surface area is 211 Å². The van der Waals surface area contributed by atoms with Crippen molar-refractivity contribution in [3.8, 4) is 23.0 Å². The molecule has 2 heterocycles. The molecule has 35 heavy (non-hydrogen) atoms. The van der Waals surface area contributed by atoms with Crippen molar-refractivity contribution < 1.29 is 19.0 Å². The first kappa shape index (κ1) is 23.3. The van der Waals surface area contributed by atoms with E-state index in [4.69, 9.17) is 13.9 Å². The number of fused-ring (bicyclic) bond motifs is 1. The third-order valence-electron chi connectivity index (χ3n) is 6.24. The quantitative estimate of drug-likeness (QED) is 0.354. The number of phenols is 1. The molecule has 0 amide bonds. The molecule has 1 aromatic heterocycles. The van der Waals surface area contributed by atoms with Crippen LogP contribution in [-0.2, 0) is 6.54 Å². The van der Waals surface area contributed by atoms with Gasteiger partial charge in [0, 0.05) is 38.4 Å². The van der Waals surface area contributed by atoms with E-state index in [1.54, 1.807) is 25.3 Å². The zero-order chi connectivity index (χ0) is 24.4. The van der Waals surface area contributed by atoms with Gasteiger partial charge in [0.15, 0.2) is 0 Å². The lowest BCUT2D eigenvalue weighted by atomic mass is 10.1. The van der Waals surface area contributed by atoms with E-state index in [1.807, 2.05) is 30.3 Å². The van der Waals surface area contributed by atoms with E-state index in [0.29, 0.717) is 28.8 Å². The average Bonchev–Trinajstić information content (AvgIpc) is 2.89. The summed E-state index contributed by atoms with van der Waals surface area (Å²) in [6.45, 7) is 3.81. The summed E-state index contributed by atoms with van der Waals surface area (Å²) in [5.74, 6) is 1.56. The van der Waals surface area contributed by atoms with E-state index in [-0.39, 0.29) is 16.9 Å². The van der Waals surface area contributed by atoms with Crippen molar-refractivity contribution in [1.82, 2.24) is 4.90 Å².